The molecular weight excluding hydrogens is 192 g/mol. The Bertz CT molecular complexity index is 163. The number of nitrogens with one attached hydrogen (secondary N) is 2. The zero-order valence-corrected chi connectivity index (χ0v) is 9.91. The van der Waals surface area contributed by atoms with Crippen molar-refractivity contribution in [2.45, 2.75) is 50.7 Å². The van der Waals surface area contributed by atoms with Crippen molar-refractivity contribution in [1.82, 2.24) is 10.6 Å². The van der Waals surface area contributed by atoms with Crippen LogP contribution in [-0.4, -0.2) is 36.2 Å². The monoisotopic (exact) mass is 214 g/mol. The molecule has 2 saturated heterocycles. The number of rotatable bonds is 3. The second-order valence-corrected chi connectivity index (χ2v) is 5.72. The summed E-state index contributed by atoms with van der Waals surface area (Å²) in [6, 6.07) is 2.15. The van der Waals surface area contributed by atoms with Crippen LogP contribution < -0.4 is 10.6 Å². The van der Waals surface area contributed by atoms with E-state index >= 15 is 0 Å². The van der Waals surface area contributed by atoms with Crippen LogP contribution in [0.4, 0.5) is 0 Å². The molecule has 0 aromatic carbocycles. The highest BCUT2D eigenvalue weighted by Crippen LogP contribution is 2.18. The van der Waals surface area contributed by atoms with Gasteiger partial charge in [0.1, 0.15) is 0 Å². The molecule has 82 valence electrons. The topological polar surface area (TPSA) is 24.1 Å². The molecule has 2 aliphatic heterocycles. The van der Waals surface area contributed by atoms with E-state index in [0.717, 1.165) is 12.1 Å². The Kier molecular flexibility index (Phi) is 4.14. The Morgan fingerprint density at radius 1 is 1.36 bits per heavy atom. The van der Waals surface area contributed by atoms with Crippen LogP contribution in [0.15, 0.2) is 0 Å². The van der Waals surface area contributed by atoms with E-state index < -0.39 is 0 Å². The molecule has 0 aromatic rings. The summed E-state index contributed by atoms with van der Waals surface area (Å²) in [5, 5.41) is 7.35. The predicted octanol–water partition coefficient (Wildman–Crippen LogP) is 1.61. The van der Waals surface area contributed by atoms with Gasteiger partial charge in [-0.25, -0.2) is 0 Å². The molecule has 2 heterocycles. The van der Waals surface area contributed by atoms with Crippen LogP contribution in [0, 0.1) is 0 Å². The Morgan fingerprint density at radius 2 is 2.29 bits per heavy atom. The fourth-order valence-corrected chi connectivity index (χ4v) is 3.58. The maximum atomic E-state index is 3.78. The molecule has 3 heteroatoms. The van der Waals surface area contributed by atoms with Crippen LogP contribution in [0.5, 0.6) is 0 Å². The molecule has 2 N–H and O–H groups in total. The van der Waals surface area contributed by atoms with Crippen molar-refractivity contribution in [1.29, 1.82) is 0 Å². The van der Waals surface area contributed by atoms with Gasteiger partial charge in [-0.3, -0.25) is 0 Å². The highest BCUT2D eigenvalue weighted by molar-refractivity contribution is 7.99. The van der Waals surface area contributed by atoms with Crippen molar-refractivity contribution in [3.05, 3.63) is 0 Å². The molecule has 3 unspecified atom stereocenters. The number of thioether (sulfide) groups is 1. The van der Waals surface area contributed by atoms with Gasteiger partial charge in [0.15, 0.2) is 0 Å². The van der Waals surface area contributed by atoms with Gasteiger partial charge in [0, 0.05) is 23.9 Å². The minimum atomic E-state index is 0.654. The Morgan fingerprint density at radius 3 is 2.93 bits per heavy atom. The summed E-state index contributed by atoms with van der Waals surface area (Å²) in [5.74, 6) is 2.69. The van der Waals surface area contributed by atoms with Gasteiger partial charge in [-0.2, -0.15) is 11.8 Å². The number of hydrogen-bond donors (Lipinski definition) is 2. The van der Waals surface area contributed by atoms with Gasteiger partial charge in [-0.15, -0.1) is 0 Å². The minimum Gasteiger partial charge on any atom is -0.312 e. The maximum absolute atomic E-state index is 3.78. The molecule has 0 spiro atoms. The van der Waals surface area contributed by atoms with E-state index in [1.54, 1.807) is 0 Å². The lowest BCUT2D eigenvalue weighted by atomic mass is 10.1. The van der Waals surface area contributed by atoms with Crippen LogP contribution in [0.2, 0.25) is 0 Å². The summed E-state index contributed by atoms with van der Waals surface area (Å²) < 4.78 is 0. The van der Waals surface area contributed by atoms with E-state index in [1.165, 1.54) is 43.7 Å². The standard InChI is InChI=1S/C11H22N2S/c1-9(11-5-2-6-12-11)13-10-4-3-7-14-8-10/h9-13H,2-8H2,1H3. The molecule has 2 rings (SSSR count). The summed E-state index contributed by atoms with van der Waals surface area (Å²) >= 11 is 2.10. The van der Waals surface area contributed by atoms with Crippen molar-refractivity contribution in [3.8, 4) is 0 Å². The average molecular weight is 214 g/mol. The first-order chi connectivity index (χ1) is 6.86. The van der Waals surface area contributed by atoms with Crippen LogP contribution >= 0.6 is 11.8 Å². The summed E-state index contributed by atoms with van der Waals surface area (Å²) in [6.07, 6.45) is 5.49. The average Bonchev–Trinajstić information content (AvgIpc) is 2.72. The minimum absolute atomic E-state index is 0.654. The van der Waals surface area contributed by atoms with Gasteiger partial charge < -0.3 is 10.6 Å². The molecule has 0 aliphatic carbocycles. The van der Waals surface area contributed by atoms with E-state index in [9.17, 15) is 0 Å². The first kappa shape index (κ1) is 10.8. The summed E-state index contributed by atoms with van der Waals surface area (Å²) in [4.78, 5) is 0. The van der Waals surface area contributed by atoms with Crippen LogP contribution in [0.3, 0.4) is 0 Å². The first-order valence-electron chi connectivity index (χ1n) is 5.93. The zero-order chi connectivity index (χ0) is 9.80. The summed E-state index contributed by atoms with van der Waals surface area (Å²) in [7, 11) is 0. The van der Waals surface area contributed by atoms with Crippen molar-refractivity contribution in [2.24, 2.45) is 0 Å². The lowest BCUT2D eigenvalue weighted by Gasteiger charge is -2.29. The normalized spacial score (nSPS) is 35.8. The molecule has 2 aliphatic rings. The molecule has 0 amide bonds. The van der Waals surface area contributed by atoms with E-state index in [4.69, 9.17) is 0 Å². The first-order valence-corrected chi connectivity index (χ1v) is 7.09. The summed E-state index contributed by atoms with van der Waals surface area (Å²) in [5.41, 5.74) is 0. The van der Waals surface area contributed by atoms with Crippen LogP contribution in [0.25, 0.3) is 0 Å². The number of hydrogen-bond acceptors (Lipinski definition) is 3. The Labute approximate surface area is 91.6 Å². The third kappa shape index (κ3) is 2.88. The van der Waals surface area contributed by atoms with E-state index in [2.05, 4.69) is 29.3 Å². The van der Waals surface area contributed by atoms with Gasteiger partial charge in [-0.05, 0) is 44.9 Å². The van der Waals surface area contributed by atoms with Gasteiger partial charge >= 0.3 is 0 Å². The summed E-state index contributed by atoms with van der Waals surface area (Å²) in [6.45, 7) is 3.55. The fourth-order valence-electron chi connectivity index (χ4n) is 2.50. The SMILES string of the molecule is CC(NC1CCCSC1)C1CCCN1. The van der Waals surface area contributed by atoms with Crippen molar-refractivity contribution in [3.63, 3.8) is 0 Å². The Hall–Kier alpha value is 0.270. The molecule has 0 aromatic heterocycles. The zero-order valence-electron chi connectivity index (χ0n) is 9.09. The smallest absolute Gasteiger partial charge is 0.0219 e. The van der Waals surface area contributed by atoms with Crippen LogP contribution in [-0.2, 0) is 0 Å². The predicted molar refractivity (Wildman–Crippen MR) is 64.0 cm³/mol. The molecule has 0 bridgehead atoms. The molecular formula is C11H22N2S. The van der Waals surface area contributed by atoms with Gasteiger partial charge in [-0.1, -0.05) is 0 Å². The quantitative estimate of drug-likeness (QED) is 0.746. The highest BCUT2D eigenvalue weighted by Gasteiger charge is 2.23. The maximum Gasteiger partial charge on any atom is 0.0219 e. The second-order valence-electron chi connectivity index (χ2n) is 4.57. The van der Waals surface area contributed by atoms with Crippen molar-refractivity contribution < 1.29 is 0 Å². The van der Waals surface area contributed by atoms with Gasteiger partial charge in [0.2, 0.25) is 0 Å². The van der Waals surface area contributed by atoms with Gasteiger partial charge in [0.25, 0.3) is 0 Å². The highest BCUT2D eigenvalue weighted by atomic mass is 32.2. The fraction of sp³-hybridized carbons (Fsp3) is 1.00. The van der Waals surface area contributed by atoms with Crippen LogP contribution in [0.1, 0.15) is 32.6 Å². The van der Waals surface area contributed by atoms with E-state index in [1.807, 2.05) is 0 Å². The molecule has 14 heavy (non-hydrogen) atoms. The van der Waals surface area contributed by atoms with Crippen molar-refractivity contribution >= 4 is 11.8 Å². The molecule has 3 atom stereocenters. The van der Waals surface area contributed by atoms with E-state index in [0.29, 0.717) is 6.04 Å². The molecule has 0 radical (unpaired) electrons. The largest absolute Gasteiger partial charge is 0.312 e. The third-order valence-corrected chi connectivity index (χ3v) is 4.58. The molecule has 2 fully saturated rings. The molecule has 0 saturated carbocycles. The van der Waals surface area contributed by atoms with E-state index in [-0.39, 0.29) is 0 Å². The molecule has 2 nitrogen and oxygen atoms in total. The lowest BCUT2D eigenvalue weighted by Crippen LogP contribution is -2.48. The van der Waals surface area contributed by atoms with Crippen molar-refractivity contribution in [2.75, 3.05) is 18.1 Å². The lowest BCUT2D eigenvalue weighted by molar-refractivity contribution is 0.375. The second kappa shape index (κ2) is 5.38. The third-order valence-electron chi connectivity index (χ3n) is 3.36. The Balaban J connectivity index is 1.72. The van der Waals surface area contributed by atoms with Gasteiger partial charge in [0.05, 0.1) is 0 Å².